The summed E-state index contributed by atoms with van der Waals surface area (Å²) in [7, 11) is 0. The van der Waals surface area contributed by atoms with Crippen LogP contribution in [0.1, 0.15) is 31.5 Å². The van der Waals surface area contributed by atoms with E-state index in [2.05, 4.69) is 28.5 Å². The highest BCUT2D eigenvalue weighted by molar-refractivity contribution is 7.07. The molecule has 0 aliphatic carbocycles. The molecule has 1 atom stereocenters. The molecule has 1 rings (SSSR count). The van der Waals surface area contributed by atoms with E-state index < -0.39 is 0 Å². The van der Waals surface area contributed by atoms with Crippen molar-refractivity contribution in [2.45, 2.75) is 25.8 Å². The summed E-state index contributed by atoms with van der Waals surface area (Å²) >= 11 is 1.62. The zero-order chi connectivity index (χ0) is 9.52. The van der Waals surface area contributed by atoms with E-state index in [9.17, 15) is 0 Å². The Labute approximate surface area is 83.4 Å². The molecule has 3 heteroatoms. The molecule has 70 valence electrons. The Morgan fingerprint density at radius 2 is 2.62 bits per heavy atom. The minimum atomic E-state index is 0.326. The van der Waals surface area contributed by atoms with Gasteiger partial charge in [-0.15, -0.1) is 23.7 Å². The molecule has 0 radical (unpaired) electrons. The van der Waals surface area contributed by atoms with Gasteiger partial charge in [-0.3, -0.25) is 0 Å². The van der Waals surface area contributed by atoms with Crippen LogP contribution >= 0.6 is 11.3 Å². The van der Waals surface area contributed by atoms with Crippen LogP contribution in [0.3, 0.4) is 0 Å². The van der Waals surface area contributed by atoms with Gasteiger partial charge in [-0.05, 0) is 13.0 Å². The summed E-state index contributed by atoms with van der Waals surface area (Å²) < 4.78 is 0. The maximum atomic E-state index is 5.23. The lowest BCUT2D eigenvalue weighted by Crippen LogP contribution is -2.20. The van der Waals surface area contributed by atoms with E-state index >= 15 is 0 Å². The Kier molecular flexibility index (Phi) is 4.52. The largest absolute Gasteiger partial charge is 0.309 e. The molecule has 0 aliphatic rings. The highest BCUT2D eigenvalue weighted by atomic mass is 32.1. The van der Waals surface area contributed by atoms with Crippen molar-refractivity contribution in [1.29, 1.82) is 0 Å². The summed E-state index contributed by atoms with van der Waals surface area (Å²) in [6.07, 6.45) is 7.00. The van der Waals surface area contributed by atoms with Crippen LogP contribution in [0.4, 0.5) is 0 Å². The van der Waals surface area contributed by atoms with E-state index in [0.717, 1.165) is 25.1 Å². The number of aromatic nitrogens is 1. The smallest absolute Gasteiger partial charge is 0.0795 e. The number of nitrogens with zero attached hydrogens (tertiary/aromatic N) is 1. The fourth-order valence-corrected chi connectivity index (χ4v) is 1.83. The Morgan fingerprint density at radius 1 is 1.77 bits per heavy atom. The lowest BCUT2D eigenvalue weighted by molar-refractivity contribution is 0.513. The highest BCUT2D eigenvalue weighted by Crippen LogP contribution is 2.17. The molecule has 0 bridgehead atoms. The Morgan fingerprint density at radius 3 is 3.15 bits per heavy atom. The van der Waals surface area contributed by atoms with Crippen molar-refractivity contribution in [1.82, 2.24) is 10.3 Å². The normalized spacial score (nSPS) is 12.3. The predicted molar refractivity (Wildman–Crippen MR) is 56.6 cm³/mol. The van der Waals surface area contributed by atoms with Crippen molar-refractivity contribution in [3.63, 3.8) is 0 Å². The second kappa shape index (κ2) is 5.74. The van der Waals surface area contributed by atoms with E-state index in [-0.39, 0.29) is 0 Å². The third-order valence-corrected chi connectivity index (χ3v) is 2.44. The summed E-state index contributed by atoms with van der Waals surface area (Å²) in [4.78, 5) is 4.28. The molecule has 0 amide bonds. The lowest BCUT2D eigenvalue weighted by Gasteiger charge is -2.13. The fraction of sp³-hybridized carbons (Fsp3) is 0.500. The van der Waals surface area contributed by atoms with Gasteiger partial charge in [-0.1, -0.05) is 6.92 Å². The number of nitrogens with one attached hydrogen (secondary N) is 1. The van der Waals surface area contributed by atoms with Gasteiger partial charge in [0.15, 0.2) is 0 Å². The molecule has 1 aromatic rings. The molecule has 0 fully saturated rings. The molecule has 1 unspecified atom stereocenters. The van der Waals surface area contributed by atoms with Crippen LogP contribution < -0.4 is 5.32 Å². The first-order chi connectivity index (χ1) is 6.38. The maximum Gasteiger partial charge on any atom is 0.0795 e. The molecule has 1 N–H and O–H groups in total. The molecule has 1 heterocycles. The van der Waals surface area contributed by atoms with Gasteiger partial charge >= 0.3 is 0 Å². The van der Waals surface area contributed by atoms with Crippen LogP contribution in [0, 0.1) is 12.3 Å². The molecule has 2 nitrogen and oxygen atoms in total. The molecular formula is C10H14N2S. The van der Waals surface area contributed by atoms with E-state index in [1.165, 1.54) is 0 Å². The monoisotopic (exact) mass is 194 g/mol. The molecule has 0 saturated heterocycles. The average Bonchev–Trinajstić information content (AvgIpc) is 2.65. The van der Waals surface area contributed by atoms with Crippen molar-refractivity contribution in [3.05, 3.63) is 16.6 Å². The van der Waals surface area contributed by atoms with Crippen LogP contribution in [0.5, 0.6) is 0 Å². The van der Waals surface area contributed by atoms with Gasteiger partial charge < -0.3 is 5.32 Å². The fourth-order valence-electron chi connectivity index (χ4n) is 1.22. The first-order valence-corrected chi connectivity index (χ1v) is 5.37. The van der Waals surface area contributed by atoms with Crippen LogP contribution in [0.25, 0.3) is 0 Å². The highest BCUT2D eigenvalue weighted by Gasteiger charge is 2.10. The first-order valence-electron chi connectivity index (χ1n) is 4.43. The Hall–Kier alpha value is -0.850. The summed E-state index contributed by atoms with van der Waals surface area (Å²) in [5, 5.41) is 5.44. The SMILES string of the molecule is C#CCCC(NCC)c1cscn1. The Balaban J connectivity index is 2.53. The van der Waals surface area contributed by atoms with Crippen LogP contribution in [0.15, 0.2) is 10.9 Å². The molecular weight excluding hydrogens is 180 g/mol. The summed E-state index contributed by atoms with van der Waals surface area (Å²) in [6, 6.07) is 0.326. The van der Waals surface area contributed by atoms with Gasteiger partial charge in [-0.2, -0.15) is 0 Å². The van der Waals surface area contributed by atoms with E-state index in [4.69, 9.17) is 6.42 Å². The number of hydrogen-bond acceptors (Lipinski definition) is 3. The van der Waals surface area contributed by atoms with Gasteiger partial charge in [-0.25, -0.2) is 4.98 Å². The van der Waals surface area contributed by atoms with Crippen LogP contribution in [-0.2, 0) is 0 Å². The molecule has 0 spiro atoms. The zero-order valence-electron chi connectivity index (χ0n) is 7.79. The second-order valence-electron chi connectivity index (χ2n) is 2.77. The van der Waals surface area contributed by atoms with Gasteiger partial charge in [0.05, 0.1) is 17.2 Å². The van der Waals surface area contributed by atoms with E-state index in [1.54, 1.807) is 11.3 Å². The van der Waals surface area contributed by atoms with Crippen molar-refractivity contribution in [2.24, 2.45) is 0 Å². The third kappa shape index (κ3) is 3.17. The topological polar surface area (TPSA) is 24.9 Å². The van der Waals surface area contributed by atoms with Gasteiger partial charge in [0.2, 0.25) is 0 Å². The molecule has 0 saturated carbocycles. The summed E-state index contributed by atoms with van der Waals surface area (Å²) in [5.74, 6) is 2.65. The third-order valence-electron chi connectivity index (χ3n) is 1.84. The number of terminal acetylenes is 1. The summed E-state index contributed by atoms with van der Waals surface area (Å²) in [5.41, 5.74) is 2.97. The van der Waals surface area contributed by atoms with Crippen LogP contribution in [-0.4, -0.2) is 11.5 Å². The number of rotatable bonds is 5. The minimum absolute atomic E-state index is 0.326. The van der Waals surface area contributed by atoms with Crippen molar-refractivity contribution in [2.75, 3.05) is 6.54 Å². The number of thiazole rings is 1. The lowest BCUT2D eigenvalue weighted by atomic mass is 10.1. The van der Waals surface area contributed by atoms with Crippen molar-refractivity contribution in [3.8, 4) is 12.3 Å². The quantitative estimate of drug-likeness (QED) is 0.727. The predicted octanol–water partition coefficient (Wildman–Crippen LogP) is 2.21. The van der Waals surface area contributed by atoms with E-state index in [1.807, 2.05) is 5.51 Å². The zero-order valence-corrected chi connectivity index (χ0v) is 8.60. The van der Waals surface area contributed by atoms with Gasteiger partial charge in [0, 0.05) is 11.8 Å². The molecule has 13 heavy (non-hydrogen) atoms. The van der Waals surface area contributed by atoms with E-state index in [0.29, 0.717) is 6.04 Å². The van der Waals surface area contributed by atoms with Crippen molar-refractivity contribution < 1.29 is 0 Å². The van der Waals surface area contributed by atoms with Gasteiger partial charge in [0.1, 0.15) is 0 Å². The second-order valence-corrected chi connectivity index (χ2v) is 3.49. The number of hydrogen-bond donors (Lipinski definition) is 1. The average molecular weight is 194 g/mol. The Bertz CT molecular complexity index is 261. The molecule has 0 aliphatic heterocycles. The molecule has 1 aromatic heterocycles. The minimum Gasteiger partial charge on any atom is -0.309 e. The van der Waals surface area contributed by atoms with Crippen molar-refractivity contribution >= 4 is 11.3 Å². The maximum absolute atomic E-state index is 5.23. The summed E-state index contributed by atoms with van der Waals surface area (Å²) in [6.45, 7) is 3.04. The standard InChI is InChI=1S/C10H14N2S/c1-3-5-6-9(11-4-2)10-7-13-8-12-10/h1,7-9,11H,4-6H2,2H3. The molecule has 0 aromatic carbocycles. The van der Waals surface area contributed by atoms with Crippen LogP contribution in [0.2, 0.25) is 0 Å². The first kappa shape index (κ1) is 10.2. The van der Waals surface area contributed by atoms with Gasteiger partial charge in [0.25, 0.3) is 0 Å².